The van der Waals surface area contributed by atoms with Crippen LogP contribution in [0.15, 0.2) is 24.3 Å². The van der Waals surface area contributed by atoms with Crippen LogP contribution in [0.2, 0.25) is 0 Å². The Labute approximate surface area is 138 Å². The first-order valence-corrected chi connectivity index (χ1v) is 7.16. The summed E-state index contributed by atoms with van der Waals surface area (Å²) < 4.78 is 0. The van der Waals surface area contributed by atoms with Crippen LogP contribution in [-0.2, 0) is 9.59 Å². The zero-order valence-corrected chi connectivity index (χ0v) is 13.4. The fourth-order valence-electron chi connectivity index (χ4n) is 1.61. The number of non-ortho nitro benzene ring substituents is 1. The number of benzene rings is 1. The first-order valence-electron chi connectivity index (χ1n) is 7.16. The van der Waals surface area contributed by atoms with Crippen molar-refractivity contribution in [2.45, 2.75) is 20.3 Å². The maximum Gasteiger partial charge on any atom is 0.310 e. The minimum atomic E-state index is -1.07. The molecule has 1 rings (SSSR count). The fourth-order valence-corrected chi connectivity index (χ4v) is 1.61. The SMILES string of the molecule is CC(C)(CNC(=O)CCNC(=O)c1ccc([N+](=O)[O-])cc1)C(=O)O. The van der Waals surface area contributed by atoms with Gasteiger partial charge in [-0.15, -0.1) is 0 Å². The molecule has 2 amide bonds. The Morgan fingerprint density at radius 3 is 2.25 bits per heavy atom. The first kappa shape index (κ1) is 19.1. The van der Waals surface area contributed by atoms with E-state index in [1.807, 2.05) is 0 Å². The highest BCUT2D eigenvalue weighted by atomic mass is 16.6. The second-order valence-electron chi connectivity index (χ2n) is 5.78. The lowest BCUT2D eigenvalue weighted by Crippen LogP contribution is -2.40. The van der Waals surface area contributed by atoms with Gasteiger partial charge in [0.25, 0.3) is 11.6 Å². The molecule has 24 heavy (non-hydrogen) atoms. The number of carbonyl (C=O) groups is 3. The molecule has 0 unspecified atom stereocenters. The molecule has 0 heterocycles. The zero-order valence-electron chi connectivity index (χ0n) is 13.4. The Hall–Kier alpha value is -2.97. The second kappa shape index (κ2) is 8.04. The molecular formula is C15H19N3O6. The third kappa shape index (κ3) is 5.67. The van der Waals surface area contributed by atoms with Gasteiger partial charge in [0.1, 0.15) is 0 Å². The maximum atomic E-state index is 11.8. The van der Waals surface area contributed by atoms with E-state index in [0.717, 1.165) is 0 Å². The van der Waals surface area contributed by atoms with Gasteiger partial charge in [-0.2, -0.15) is 0 Å². The summed E-state index contributed by atoms with van der Waals surface area (Å²) in [5.41, 5.74) is -0.947. The van der Waals surface area contributed by atoms with E-state index < -0.39 is 22.2 Å². The molecule has 9 heteroatoms. The second-order valence-corrected chi connectivity index (χ2v) is 5.78. The van der Waals surface area contributed by atoms with Gasteiger partial charge in [0.15, 0.2) is 0 Å². The van der Waals surface area contributed by atoms with E-state index in [4.69, 9.17) is 5.11 Å². The molecule has 9 nitrogen and oxygen atoms in total. The summed E-state index contributed by atoms with van der Waals surface area (Å²) in [6.45, 7) is 3.03. The summed E-state index contributed by atoms with van der Waals surface area (Å²) in [7, 11) is 0. The molecule has 0 bridgehead atoms. The summed E-state index contributed by atoms with van der Waals surface area (Å²) >= 11 is 0. The monoisotopic (exact) mass is 337 g/mol. The molecule has 0 aliphatic rings. The van der Waals surface area contributed by atoms with Crippen molar-refractivity contribution >= 4 is 23.5 Å². The third-order valence-corrected chi connectivity index (χ3v) is 3.28. The molecule has 0 aliphatic carbocycles. The summed E-state index contributed by atoms with van der Waals surface area (Å²) in [6.07, 6.45) is -0.00554. The van der Waals surface area contributed by atoms with Gasteiger partial charge in [-0.3, -0.25) is 24.5 Å². The van der Waals surface area contributed by atoms with Crippen molar-refractivity contribution in [2.75, 3.05) is 13.1 Å². The lowest BCUT2D eigenvalue weighted by atomic mass is 9.94. The minimum absolute atomic E-state index is 0.00554. The molecule has 1 aromatic rings. The molecule has 0 aromatic heterocycles. The van der Waals surface area contributed by atoms with E-state index in [1.54, 1.807) is 0 Å². The predicted molar refractivity (Wildman–Crippen MR) is 84.5 cm³/mol. The normalized spacial score (nSPS) is 10.8. The Kier molecular flexibility index (Phi) is 6.39. The van der Waals surface area contributed by atoms with E-state index >= 15 is 0 Å². The van der Waals surface area contributed by atoms with Crippen LogP contribution in [0.1, 0.15) is 30.6 Å². The number of rotatable bonds is 8. The summed E-state index contributed by atoms with van der Waals surface area (Å²) in [4.78, 5) is 44.3. The third-order valence-electron chi connectivity index (χ3n) is 3.28. The largest absolute Gasteiger partial charge is 0.481 e. The minimum Gasteiger partial charge on any atom is -0.481 e. The van der Waals surface area contributed by atoms with Crippen LogP contribution in [0, 0.1) is 15.5 Å². The Morgan fingerprint density at radius 1 is 1.17 bits per heavy atom. The standard InChI is InChI=1S/C15H19N3O6/c1-15(2,14(21)22)9-17-12(19)7-8-16-13(20)10-3-5-11(6-4-10)18(23)24/h3-6H,7-9H2,1-2H3,(H,16,20)(H,17,19)(H,21,22). The van der Waals surface area contributed by atoms with Gasteiger partial charge in [0, 0.05) is 37.2 Å². The van der Waals surface area contributed by atoms with Crippen molar-refractivity contribution < 1.29 is 24.4 Å². The van der Waals surface area contributed by atoms with Crippen LogP contribution in [0.25, 0.3) is 0 Å². The topological polar surface area (TPSA) is 139 Å². The van der Waals surface area contributed by atoms with Crippen molar-refractivity contribution in [3.8, 4) is 0 Å². The van der Waals surface area contributed by atoms with E-state index in [-0.39, 0.29) is 36.7 Å². The van der Waals surface area contributed by atoms with Crippen LogP contribution in [0.5, 0.6) is 0 Å². The van der Waals surface area contributed by atoms with Crippen molar-refractivity contribution in [1.82, 2.24) is 10.6 Å². The summed E-state index contributed by atoms with van der Waals surface area (Å²) in [6, 6.07) is 5.08. The number of nitrogens with one attached hydrogen (secondary N) is 2. The molecule has 0 saturated carbocycles. The number of nitro groups is 1. The van der Waals surface area contributed by atoms with Gasteiger partial charge >= 0.3 is 5.97 Å². The van der Waals surface area contributed by atoms with Gasteiger partial charge in [0.05, 0.1) is 10.3 Å². The van der Waals surface area contributed by atoms with Crippen molar-refractivity contribution in [1.29, 1.82) is 0 Å². The number of nitro benzene ring substituents is 1. The van der Waals surface area contributed by atoms with E-state index in [2.05, 4.69) is 10.6 Å². The molecule has 0 radical (unpaired) electrons. The lowest BCUT2D eigenvalue weighted by Gasteiger charge is -2.19. The van der Waals surface area contributed by atoms with Crippen LogP contribution in [0.3, 0.4) is 0 Å². The predicted octanol–water partition coefficient (Wildman–Crippen LogP) is 0.942. The molecule has 3 N–H and O–H groups in total. The van der Waals surface area contributed by atoms with Crippen LogP contribution < -0.4 is 10.6 Å². The summed E-state index contributed by atoms with van der Waals surface area (Å²) in [5.74, 6) is -1.86. The molecule has 130 valence electrons. The lowest BCUT2D eigenvalue weighted by molar-refractivity contribution is -0.384. The number of carboxylic acid groups (broad SMARTS) is 1. The Bertz CT molecular complexity index is 639. The number of hydrogen-bond acceptors (Lipinski definition) is 5. The number of carbonyl (C=O) groups excluding carboxylic acids is 2. The zero-order chi connectivity index (χ0) is 18.3. The molecule has 0 spiro atoms. The average Bonchev–Trinajstić information content (AvgIpc) is 2.52. The molecule has 0 aliphatic heterocycles. The highest BCUT2D eigenvalue weighted by Gasteiger charge is 2.27. The average molecular weight is 337 g/mol. The van der Waals surface area contributed by atoms with E-state index in [1.165, 1.54) is 38.1 Å². The van der Waals surface area contributed by atoms with Crippen molar-refractivity contribution in [3.63, 3.8) is 0 Å². The number of aliphatic carboxylic acids is 1. The van der Waals surface area contributed by atoms with E-state index in [9.17, 15) is 24.5 Å². The quantitative estimate of drug-likeness (QED) is 0.476. The number of hydrogen-bond donors (Lipinski definition) is 3. The van der Waals surface area contributed by atoms with Crippen molar-refractivity contribution in [2.24, 2.45) is 5.41 Å². The molecule has 1 aromatic carbocycles. The van der Waals surface area contributed by atoms with Gasteiger partial charge < -0.3 is 15.7 Å². The fraction of sp³-hybridized carbons (Fsp3) is 0.400. The highest BCUT2D eigenvalue weighted by molar-refractivity contribution is 5.94. The van der Waals surface area contributed by atoms with Gasteiger partial charge in [-0.1, -0.05) is 0 Å². The number of carboxylic acids is 1. The van der Waals surface area contributed by atoms with Gasteiger partial charge in [-0.25, -0.2) is 0 Å². The van der Waals surface area contributed by atoms with Gasteiger partial charge in [-0.05, 0) is 26.0 Å². The van der Waals surface area contributed by atoms with Crippen LogP contribution >= 0.6 is 0 Å². The highest BCUT2D eigenvalue weighted by Crippen LogP contribution is 2.13. The smallest absolute Gasteiger partial charge is 0.310 e. The van der Waals surface area contributed by atoms with Crippen molar-refractivity contribution in [3.05, 3.63) is 39.9 Å². The van der Waals surface area contributed by atoms with E-state index in [0.29, 0.717) is 0 Å². The Balaban J connectivity index is 2.38. The molecule has 0 fully saturated rings. The maximum absolute atomic E-state index is 11.8. The number of nitrogens with zero attached hydrogens (tertiary/aromatic N) is 1. The first-order chi connectivity index (χ1) is 11.1. The number of amides is 2. The summed E-state index contributed by atoms with van der Waals surface area (Å²) in [5, 5.41) is 24.5. The van der Waals surface area contributed by atoms with Crippen LogP contribution in [-0.4, -0.2) is 40.9 Å². The molecular weight excluding hydrogens is 318 g/mol. The molecule has 0 saturated heterocycles. The van der Waals surface area contributed by atoms with Gasteiger partial charge in [0.2, 0.25) is 5.91 Å². The Morgan fingerprint density at radius 2 is 1.75 bits per heavy atom. The molecule has 0 atom stereocenters. The van der Waals surface area contributed by atoms with Crippen LogP contribution in [0.4, 0.5) is 5.69 Å².